The smallest absolute Gasteiger partial charge is 0.136 e. The number of piperidine rings is 1. The molecule has 2 heterocycles. The van der Waals surface area contributed by atoms with Gasteiger partial charge in [-0.1, -0.05) is 0 Å². The summed E-state index contributed by atoms with van der Waals surface area (Å²) in [7, 11) is 1.74. The maximum absolute atomic E-state index is 5.35. The zero-order valence-corrected chi connectivity index (χ0v) is 12.6. The SMILES string of the molecule is COCc1nc2cc(C)c(C)cc2n1C1CCNCC1. The first-order valence-corrected chi connectivity index (χ1v) is 7.38. The average Bonchev–Trinajstić information content (AvgIpc) is 2.78. The molecule has 0 bridgehead atoms. The van der Waals surface area contributed by atoms with E-state index in [-0.39, 0.29) is 0 Å². The van der Waals surface area contributed by atoms with E-state index in [0.717, 1.165) is 37.3 Å². The average molecular weight is 273 g/mol. The summed E-state index contributed by atoms with van der Waals surface area (Å²) in [6.45, 7) is 7.07. The number of imidazole rings is 1. The Morgan fingerprint density at radius 2 is 1.95 bits per heavy atom. The van der Waals surface area contributed by atoms with Crippen molar-refractivity contribution < 1.29 is 4.74 Å². The Morgan fingerprint density at radius 1 is 1.25 bits per heavy atom. The number of nitrogens with one attached hydrogen (secondary N) is 1. The summed E-state index contributed by atoms with van der Waals surface area (Å²) in [5.74, 6) is 1.06. The van der Waals surface area contributed by atoms with Gasteiger partial charge in [-0.15, -0.1) is 0 Å². The molecule has 0 atom stereocenters. The summed E-state index contributed by atoms with van der Waals surface area (Å²) >= 11 is 0. The van der Waals surface area contributed by atoms with Gasteiger partial charge in [0.05, 0.1) is 11.0 Å². The van der Waals surface area contributed by atoms with Crippen molar-refractivity contribution in [2.75, 3.05) is 20.2 Å². The molecule has 0 aliphatic carbocycles. The van der Waals surface area contributed by atoms with E-state index < -0.39 is 0 Å². The molecule has 20 heavy (non-hydrogen) atoms. The largest absolute Gasteiger partial charge is 0.377 e. The van der Waals surface area contributed by atoms with Crippen molar-refractivity contribution in [1.82, 2.24) is 14.9 Å². The first kappa shape index (κ1) is 13.6. The Balaban J connectivity index is 2.14. The number of methoxy groups -OCH3 is 1. The lowest BCUT2D eigenvalue weighted by Crippen LogP contribution is -2.30. The quantitative estimate of drug-likeness (QED) is 0.934. The van der Waals surface area contributed by atoms with Crippen LogP contribution in [0.1, 0.15) is 35.8 Å². The third-order valence-corrected chi connectivity index (χ3v) is 4.33. The number of aromatic nitrogens is 2. The van der Waals surface area contributed by atoms with E-state index in [2.05, 4.69) is 35.9 Å². The zero-order valence-electron chi connectivity index (χ0n) is 12.6. The molecule has 0 spiro atoms. The van der Waals surface area contributed by atoms with Gasteiger partial charge >= 0.3 is 0 Å². The van der Waals surface area contributed by atoms with Gasteiger partial charge < -0.3 is 14.6 Å². The predicted molar refractivity (Wildman–Crippen MR) is 81.1 cm³/mol. The van der Waals surface area contributed by atoms with Crippen molar-refractivity contribution in [2.24, 2.45) is 0 Å². The van der Waals surface area contributed by atoms with E-state index in [1.165, 1.54) is 16.6 Å². The number of fused-ring (bicyclic) bond motifs is 1. The van der Waals surface area contributed by atoms with Crippen molar-refractivity contribution in [2.45, 2.75) is 39.3 Å². The normalized spacial score (nSPS) is 16.9. The predicted octanol–water partition coefficient (Wildman–Crippen LogP) is 2.72. The van der Waals surface area contributed by atoms with Gasteiger partial charge in [0, 0.05) is 13.2 Å². The van der Waals surface area contributed by atoms with Crippen molar-refractivity contribution in [3.05, 3.63) is 29.1 Å². The topological polar surface area (TPSA) is 39.1 Å². The highest BCUT2D eigenvalue weighted by molar-refractivity contribution is 5.78. The van der Waals surface area contributed by atoms with Gasteiger partial charge in [-0.05, 0) is 63.0 Å². The van der Waals surface area contributed by atoms with Gasteiger partial charge in [0.1, 0.15) is 12.4 Å². The van der Waals surface area contributed by atoms with Crippen LogP contribution in [-0.2, 0) is 11.3 Å². The van der Waals surface area contributed by atoms with E-state index in [0.29, 0.717) is 12.6 Å². The van der Waals surface area contributed by atoms with Crippen LogP contribution < -0.4 is 5.32 Å². The van der Waals surface area contributed by atoms with Gasteiger partial charge in [0.15, 0.2) is 0 Å². The molecule has 1 fully saturated rings. The lowest BCUT2D eigenvalue weighted by atomic mass is 10.0. The fraction of sp³-hybridized carbons (Fsp3) is 0.562. The van der Waals surface area contributed by atoms with Gasteiger partial charge in [-0.3, -0.25) is 0 Å². The Morgan fingerprint density at radius 3 is 2.65 bits per heavy atom. The van der Waals surface area contributed by atoms with E-state index in [4.69, 9.17) is 9.72 Å². The van der Waals surface area contributed by atoms with Gasteiger partial charge in [-0.2, -0.15) is 0 Å². The highest BCUT2D eigenvalue weighted by atomic mass is 16.5. The third kappa shape index (κ3) is 2.34. The van der Waals surface area contributed by atoms with Crippen LogP contribution in [0, 0.1) is 13.8 Å². The summed E-state index contributed by atoms with van der Waals surface area (Å²) in [5.41, 5.74) is 4.98. The molecule has 3 rings (SSSR count). The Kier molecular flexibility index (Phi) is 3.76. The number of hydrogen-bond acceptors (Lipinski definition) is 3. The Hall–Kier alpha value is -1.39. The van der Waals surface area contributed by atoms with Crippen LogP contribution in [0.15, 0.2) is 12.1 Å². The summed E-state index contributed by atoms with van der Waals surface area (Å²) in [5, 5.41) is 3.43. The van der Waals surface area contributed by atoms with Crippen LogP contribution in [0.25, 0.3) is 11.0 Å². The minimum absolute atomic E-state index is 0.536. The van der Waals surface area contributed by atoms with Crippen LogP contribution in [0.5, 0.6) is 0 Å². The van der Waals surface area contributed by atoms with Crippen molar-refractivity contribution >= 4 is 11.0 Å². The maximum atomic E-state index is 5.35. The number of aryl methyl sites for hydroxylation is 2. The molecule has 108 valence electrons. The second-order valence-corrected chi connectivity index (χ2v) is 5.74. The lowest BCUT2D eigenvalue weighted by molar-refractivity contribution is 0.171. The second kappa shape index (κ2) is 5.54. The number of benzene rings is 1. The fourth-order valence-electron chi connectivity index (χ4n) is 3.10. The van der Waals surface area contributed by atoms with Crippen molar-refractivity contribution in [3.8, 4) is 0 Å². The molecular formula is C16H23N3O. The molecule has 0 amide bonds. The van der Waals surface area contributed by atoms with Crippen LogP contribution in [0.2, 0.25) is 0 Å². The van der Waals surface area contributed by atoms with Crippen LogP contribution in [0.3, 0.4) is 0 Å². The Labute approximate surface area is 120 Å². The summed E-state index contributed by atoms with van der Waals surface area (Å²) < 4.78 is 7.76. The van der Waals surface area contributed by atoms with E-state index in [1.54, 1.807) is 7.11 Å². The first-order chi connectivity index (χ1) is 9.70. The van der Waals surface area contributed by atoms with Crippen LogP contribution in [-0.4, -0.2) is 29.8 Å². The van der Waals surface area contributed by atoms with E-state index in [9.17, 15) is 0 Å². The molecule has 1 N–H and O–H groups in total. The molecule has 1 aromatic heterocycles. The molecule has 4 nitrogen and oxygen atoms in total. The monoisotopic (exact) mass is 273 g/mol. The molecule has 0 saturated carbocycles. The summed E-state index contributed by atoms with van der Waals surface area (Å²) in [6, 6.07) is 5.01. The summed E-state index contributed by atoms with van der Waals surface area (Å²) in [6.07, 6.45) is 2.32. The van der Waals surface area contributed by atoms with E-state index in [1.807, 2.05) is 0 Å². The molecule has 2 aromatic rings. The minimum Gasteiger partial charge on any atom is -0.377 e. The van der Waals surface area contributed by atoms with Crippen LogP contribution in [0.4, 0.5) is 0 Å². The molecular weight excluding hydrogens is 250 g/mol. The summed E-state index contributed by atoms with van der Waals surface area (Å²) in [4.78, 5) is 4.80. The van der Waals surface area contributed by atoms with E-state index >= 15 is 0 Å². The molecule has 0 unspecified atom stereocenters. The number of ether oxygens (including phenoxy) is 1. The van der Waals surface area contributed by atoms with Crippen molar-refractivity contribution in [3.63, 3.8) is 0 Å². The maximum Gasteiger partial charge on any atom is 0.136 e. The highest BCUT2D eigenvalue weighted by Gasteiger charge is 2.21. The first-order valence-electron chi connectivity index (χ1n) is 7.38. The molecule has 1 aliphatic heterocycles. The zero-order chi connectivity index (χ0) is 14.1. The molecule has 4 heteroatoms. The number of hydrogen-bond donors (Lipinski definition) is 1. The number of rotatable bonds is 3. The highest BCUT2D eigenvalue weighted by Crippen LogP contribution is 2.28. The van der Waals surface area contributed by atoms with Crippen molar-refractivity contribution in [1.29, 1.82) is 0 Å². The Bertz CT molecular complexity index is 612. The fourth-order valence-corrected chi connectivity index (χ4v) is 3.10. The molecule has 1 aromatic carbocycles. The lowest BCUT2D eigenvalue weighted by Gasteiger charge is -2.26. The minimum atomic E-state index is 0.536. The van der Waals surface area contributed by atoms with Gasteiger partial charge in [0.25, 0.3) is 0 Å². The second-order valence-electron chi connectivity index (χ2n) is 5.74. The number of nitrogens with zero attached hydrogens (tertiary/aromatic N) is 2. The van der Waals surface area contributed by atoms with Gasteiger partial charge in [-0.25, -0.2) is 4.98 Å². The molecule has 1 saturated heterocycles. The molecule has 0 radical (unpaired) electrons. The van der Waals surface area contributed by atoms with Gasteiger partial charge in [0.2, 0.25) is 0 Å². The standard InChI is InChI=1S/C16H23N3O/c1-11-8-14-15(9-12(11)2)19(16(18-14)10-20-3)13-4-6-17-7-5-13/h8-9,13,17H,4-7,10H2,1-3H3. The molecule has 1 aliphatic rings. The van der Waals surface area contributed by atoms with Crippen LogP contribution >= 0.6 is 0 Å². The third-order valence-electron chi connectivity index (χ3n) is 4.33.